The van der Waals surface area contributed by atoms with Crippen LogP contribution in [-0.2, 0) is 10.0 Å². The van der Waals surface area contributed by atoms with Gasteiger partial charge in [0.2, 0.25) is 0 Å². The van der Waals surface area contributed by atoms with Gasteiger partial charge in [0.1, 0.15) is 5.82 Å². The zero-order chi connectivity index (χ0) is 17.4. The van der Waals surface area contributed by atoms with E-state index in [4.69, 9.17) is 0 Å². The lowest BCUT2D eigenvalue weighted by Crippen LogP contribution is -2.28. The molecule has 5 nitrogen and oxygen atoms in total. The summed E-state index contributed by atoms with van der Waals surface area (Å²) in [7, 11) is -2.86. The molecule has 1 N–H and O–H groups in total. The molecule has 0 heterocycles. The largest absolute Gasteiger partial charge is 0.478 e. The van der Waals surface area contributed by atoms with Crippen LogP contribution in [0.4, 0.5) is 10.1 Å². The van der Waals surface area contributed by atoms with Crippen LogP contribution in [0.2, 0.25) is 0 Å². The molecule has 0 aliphatic carbocycles. The molecule has 0 saturated heterocycles. The Hall–Kier alpha value is -2.41. The molecule has 23 heavy (non-hydrogen) atoms. The van der Waals surface area contributed by atoms with Crippen LogP contribution < -0.4 is 4.31 Å². The molecule has 0 fully saturated rings. The van der Waals surface area contributed by atoms with Crippen molar-refractivity contribution in [1.82, 2.24) is 0 Å². The maximum absolute atomic E-state index is 13.9. The van der Waals surface area contributed by atoms with Crippen molar-refractivity contribution in [2.45, 2.75) is 18.7 Å². The van der Waals surface area contributed by atoms with Gasteiger partial charge in [0.05, 0.1) is 16.1 Å². The normalized spacial score (nSPS) is 11.3. The van der Waals surface area contributed by atoms with Gasteiger partial charge in [-0.25, -0.2) is 17.6 Å². The predicted octanol–water partition coefficient (Wildman–Crippen LogP) is 2.97. The van der Waals surface area contributed by atoms with Crippen molar-refractivity contribution < 1.29 is 22.7 Å². The number of carboxylic acids is 1. The molecule has 2 aromatic rings. The fourth-order valence-electron chi connectivity index (χ4n) is 2.32. The number of aromatic carboxylic acids is 1. The van der Waals surface area contributed by atoms with E-state index >= 15 is 0 Å². The predicted molar refractivity (Wildman–Crippen MR) is 84.9 cm³/mol. The van der Waals surface area contributed by atoms with E-state index in [2.05, 4.69) is 0 Å². The van der Waals surface area contributed by atoms with E-state index in [0.717, 1.165) is 16.4 Å². The second kappa shape index (κ2) is 6.00. The number of aryl methyl sites for hydroxylation is 2. The van der Waals surface area contributed by atoms with Gasteiger partial charge >= 0.3 is 5.97 Å². The van der Waals surface area contributed by atoms with Gasteiger partial charge in [0.15, 0.2) is 0 Å². The van der Waals surface area contributed by atoms with Crippen LogP contribution in [0.1, 0.15) is 21.5 Å². The van der Waals surface area contributed by atoms with E-state index in [9.17, 15) is 22.7 Å². The topological polar surface area (TPSA) is 74.7 Å². The molecule has 2 aromatic carbocycles. The van der Waals surface area contributed by atoms with Gasteiger partial charge < -0.3 is 5.11 Å². The molecular weight excluding hydrogens is 321 g/mol. The number of carboxylic acid groups (broad SMARTS) is 1. The summed E-state index contributed by atoms with van der Waals surface area (Å²) in [4.78, 5) is 11.1. The average Bonchev–Trinajstić information content (AvgIpc) is 2.46. The van der Waals surface area contributed by atoms with Gasteiger partial charge in [0, 0.05) is 7.05 Å². The first-order valence-electron chi connectivity index (χ1n) is 6.74. The molecule has 0 aliphatic rings. The second-order valence-corrected chi connectivity index (χ2v) is 7.10. The monoisotopic (exact) mass is 337 g/mol. The first-order chi connectivity index (χ1) is 10.7. The van der Waals surface area contributed by atoms with E-state index in [0.29, 0.717) is 11.1 Å². The van der Waals surface area contributed by atoms with Crippen molar-refractivity contribution in [1.29, 1.82) is 0 Å². The maximum atomic E-state index is 13.9. The molecule has 0 bridgehead atoms. The highest BCUT2D eigenvalue weighted by Crippen LogP contribution is 2.28. The number of rotatable bonds is 4. The lowest BCUT2D eigenvalue weighted by molar-refractivity contribution is 0.0696. The third-order valence-electron chi connectivity index (χ3n) is 3.58. The van der Waals surface area contributed by atoms with Crippen LogP contribution in [0.15, 0.2) is 41.3 Å². The lowest BCUT2D eigenvalue weighted by atomic mass is 10.1. The van der Waals surface area contributed by atoms with Gasteiger partial charge in [0.25, 0.3) is 10.0 Å². The summed E-state index contributed by atoms with van der Waals surface area (Å²) in [5.41, 5.74) is 0.652. The first kappa shape index (κ1) is 17.0. The number of benzene rings is 2. The summed E-state index contributed by atoms with van der Waals surface area (Å²) in [6, 6.07) is 8.08. The number of halogens is 1. The van der Waals surface area contributed by atoms with Crippen molar-refractivity contribution >= 4 is 21.7 Å². The third-order valence-corrected chi connectivity index (χ3v) is 5.50. The van der Waals surface area contributed by atoms with E-state index in [1.807, 2.05) is 0 Å². The molecule has 0 saturated carbocycles. The Bertz CT molecular complexity index is 878. The minimum absolute atomic E-state index is 0.101. The summed E-state index contributed by atoms with van der Waals surface area (Å²) < 4.78 is 40.2. The second-order valence-electron chi connectivity index (χ2n) is 5.16. The summed E-state index contributed by atoms with van der Waals surface area (Å²) in [6.45, 7) is 3.16. The van der Waals surface area contributed by atoms with Gasteiger partial charge in [-0.1, -0.05) is 18.2 Å². The fourth-order valence-corrected chi connectivity index (χ4v) is 3.76. The van der Waals surface area contributed by atoms with Gasteiger partial charge in [-0.2, -0.15) is 0 Å². The standard InChI is InChI=1S/C16H16FNO4S/c1-10-8-11(2)15(9-12(10)16(19)20)23(21,22)18(3)14-7-5-4-6-13(14)17/h4-9H,1-3H3,(H,19,20). The number of hydrogen-bond donors (Lipinski definition) is 1. The molecule has 0 aromatic heterocycles. The Morgan fingerprint density at radius 1 is 1.13 bits per heavy atom. The molecule has 0 amide bonds. The molecule has 0 atom stereocenters. The smallest absolute Gasteiger partial charge is 0.335 e. The van der Waals surface area contributed by atoms with Crippen LogP contribution in [0.3, 0.4) is 0 Å². The first-order valence-corrected chi connectivity index (χ1v) is 8.18. The quantitative estimate of drug-likeness (QED) is 0.931. The van der Waals surface area contributed by atoms with Gasteiger partial charge in [-0.05, 0) is 43.2 Å². The molecule has 7 heteroatoms. The molecule has 0 aliphatic heterocycles. The molecule has 2 rings (SSSR count). The Morgan fingerprint density at radius 2 is 1.74 bits per heavy atom. The average molecular weight is 337 g/mol. The lowest BCUT2D eigenvalue weighted by Gasteiger charge is -2.21. The number of anilines is 1. The highest BCUT2D eigenvalue weighted by Gasteiger charge is 2.26. The highest BCUT2D eigenvalue weighted by atomic mass is 32.2. The molecule has 0 radical (unpaired) electrons. The minimum Gasteiger partial charge on any atom is -0.478 e. The number of carbonyl (C=O) groups is 1. The van der Waals surface area contributed by atoms with E-state index in [-0.39, 0.29) is 16.1 Å². The van der Waals surface area contributed by atoms with Crippen LogP contribution in [0.25, 0.3) is 0 Å². The Morgan fingerprint density at radius 3 is 2.30 bits per heavy atom. The van der Waals surface area contributed by atoms with Crippen molar-refractivity contribution in [2.24, 2.45) is 0 Å². The summed E-state index contributed by atoms with van der Waals surface area (Å²) >= 11 is 0. The van der Waals surface area contributed by atoms with Crippen molar-refractivity contribution in [3.8, 4) is 0 Å². The Labute approximate surface area is 134 Å². The number of sulfonamides is 1. The van der Waals surface area contributed by atoms with E-state index < -0.39 is 21.8 Å². The molecule has 0 unspecified atom stereocenters. The zero-order valence-electron chi connectivity index (χ0n) is 12.9. The van der Waals surface area contributed by atoms with E-state index in [1.54, 1.807) is 13.8 Å². The maximum Gasteiger partial charge on any atom is 0.335 e. The van der Waals surface area contributed by atoms with Crippen LogP contribution in [0.5, 0.6) is 0 Å². The number of hydrogen-bond acceptors (Lipinski definition) is 3. The van der Waals surface area contributed by atoms with Crippen molar-refractivity contribution in [3.05, 3.63) is 58.9 Å². The van der Waals surface area contributed by atoms with Crippen LogP contribution in [0, 0.1) is 19.7 Å². The molecule has 122 valence electrons. The number of nitrogens with zero attached hydrogens (tertiary/aromatic N) is 1. The third kappa shape index (κ3) is 3.05. The summed E-state index contributed by atoms with van der Waals surface area (Å²) in [5.74, 6) is -1.89. The fraction of sp³-hybridized carbons (Fsp3) is 0.188. The summed E-state index contributed by atoms with van der Waals surface area (Å²) in [5, 5.41) is 9.18. The zero-order valence-corrected chi connectivity index (χ0v) is 13.7. The van der Waals surface area contributed by atoms with Gasteiger partial charge in [-0.15, -0.1) is 0 Å². The molecular formula is C16H16FNO4S. The van der Waals surface area contributed by atoms with E-state index in [1.165, 1.54) is 31.3 Å². The van der Waals surface area contributed by atoms with Crippen LogP contribution in [-0.4, -0.2) is 26.5 Å². The Kier molecular flexibility index (Phi) is 4.42. The Balaban J connectivity index is 2.63. The minimum atomic E-state index is -4.09. The molecule has 0 spiro atoms. The van der Waals surface area contributed by atoms with Crippen molar-refractivity contribution in [3.63, 3.8) is 0 Å². The summed E-state index contributed by atoms with van der Waals surface area (Å²) in [6.07, 6.45) is 0. The SMILES string of the molecule is Cc1cc(C)c(S(=O)(=O)N(C)c2ccccc2F)cc1C(=O)O. The highest BCUT2D eigenvalue weighted by molar-refractivity contribution is 7.92. The number of para-hydroxylation sites is 1. The van der Waals surface area contributed by atoms with Crippen LogP contribution >= 0.6 is 0 Å². The van der Waals surface area contributed by atoms with Crippen molar-refractivity contribution in [2.75, 3.05) is 11.4 Å². The van der Waals surface area contributed by atoms with Gasteiger partial charge in [-0.3, -0.25) is 4.31 Å².